The van der Waals surface area contributed by atoms with Gasteiger partial charge >= 0.3 is 5.97 Å². The zero-order chi connectivity index (χ0) is 75.5. The molecule has 4 fully saturated rings. The van der Waals surface area contributed by atoms with Gasteiger partial charge in [0.15, 0.2) is 11.9 Å². The first-order chi connectivity index (χ1) is 52.0. The average molecular weight is 1560 g/mol. The highest BCUT2D eigenvalue weighted by molar-refractivity contribution is 8.01. The summed E-state index contributed by atoms with van der Waals surface area (Å²) in [4.78, 5) is 131. The predicted molar refractivity (Wildman–Crippen MR) is 429 cm³/mol. The Bertz CT molecular complexity index is 3240. The first-order valence-electron chi connectivity index (χ1n) is 39.4. The van der Waals surface area contributed by atoms with Crippen LogP contribution in [0.4, 0.5) is 11.4 Å². The van der Waals surface area contributed by atoms with Crippen LogP contribution in [0.5, 0.6) is 0 Å². The lowest BCUT2D eigenvalue weighted by Gasteiger charge is -2.14. The van der Waals surface area contributed by atoms with Crippen molar-refractivity contribution in [2.24, 2.45) is 31.4 Å². The standard InChI is InChI=1S/C73H118N20O10S4/c74-70-84-49-42-104-53(65(49)88-70)21-9-13-27-57(94)76-33-17-1-5-25-61(98)80-37-38-81-62(99)26-6-2-18-34-77-59(96)29-15-11-23-55-67-51(44-106-55)86-72(90-67)92-93-73-87-52-45-107-56(68(52)91-73)24-12-16-30-60(97)79-36-20-4-8-32-64(101)83-48-40-46(69(102)103)39-47(41-48)82-63(100)31-7-3-19-35-78-58(95)28-14-10-22-54-66-50(43-105-54)85-71(75)89-66/h39-41,49-56,65-68H,1-38,42-45H2,(H,76,94)(H,77,96)(H,78,95)(H,79,97)(H,80,98)(H,81,99)(H,82,100)(H,83,101)(H,102,103)(H3,74,84,88)(H3,75,85,89)(H2,86,90,92)(H2,87,91,93)/t49-,50-,51-,52-,53-,54-,55-,56-,65-,66-,67-,68-/m0/s1. The summed E-state index contributed by atoms with van der Waals surface area (Å²) in [6, 6.07) is 6.23. The molecule has 12 atom stereocenters. The third-order valence-electron chi connectivity index (χ3n) is 20.6. The van der Waals surface area contributed by atoms with Crippen LogP contribution >= 0.6 is 47.0 Å². The number of hydrogen-bond donors (Lipinski definition) is 17. The van der Waals surface area contributed by atoms with Gasteiger partial charge in [-0.3, -0.25) is 49.2 Å². The van der Waals surface area contributed by atoms with Crippen LogP contribution in [0.3, 0.4) is 0 Å². The number of anilines is 2. The summed E-state index contributed by atoms with van der Waals surface area (Å²) in [5.41, 5.74) is 18.6. The molecule has 0 bridgehead atoms. The molecule has 0 saturated carbocycles. The van der Waals surface area contributed by atoms with E-state index in [0.717, 1.165) is 158 Å². The minimum absolute atomic E-state index is 0.00982. The summed E-state index contributed by atoms with van der Waals surface area (Å²) < 4.78 is 0. The Balaban J connectivity index is 0.511. The Labute approximate surface area is 647 Å². The summed E-state index contributed by atoms with van der Waals surface area (Å²) in [7, 11) is 0. The largest absolute Gasteiger partial charge is 0.478 e. The van der Waals surface area contributed by atoms with E-state index in [1.54, 1.807) is 6.07 Å². The van der Waals surface area contributed by atoms with E-state index in [2.05, 4.69) is 84.6 Å². The van der Waals surface area contributed by atoms with Crippen molar-refractivity contribution in [2.45, 2.75) is 275 Å². The molecule has 8 aliphatic rings. The predicted octanol–water partition coefficient (Wildman–Crippen LogP) is 4.70. The maximum atomic E-state index is 12.9. The Kier molecular flexibility index (Phi) is 35.9. The number of unbranched alkanes of at least 4 members (excludes halogenated alkanes) is 12. The molecular formula is C73H118N20O10S4. The molecule has 19 N–H and O–H groups in total. The summed E-state index contributed by atoms with van der Waals surface area (Å²) in [6.45, 7) is 3.01. The van der Waals surface area contributed by atoms with Gasteiger partial charge < -0.3 is 80.4 Å². The minimum atomic E-state index is -1.19. The van der Waals surface area contributed by atoms with Crippen molar-refractivity contribution in [3.8, 4) is 0 Å². The minimum Gasteiger partial charge on any atom is -0.478 e. The number of hydrogen-bond acceptors (Lipinski definition) is 25. The van der Waals surface area contributed by atoms with Crippen molar-refractivity contribution in [3.63, 3.8) is 0 Å². The number of guanidine groups is 4. The topological polar surface area (TPSA) is 444 Å². The molecule has 0 radical (unpaired) electrons. The Morgan fingerprint density at radius 1 is 0.346 bits per heavy atom. The molecule has 1 aromatic rings. The number of fused-ring (bicyclic) bond motifs is 4. The van der Waals surface area contributed by atoms with Crippen LogP contribution in [-0.2, 0) is 38.4 Å². The molecule has 0 aliphatic carbocycles. The van der Waals surface area contributed by atoms with E-state index in [-0.39, 0.29) is 113 Å². The van der Waals surface area contributed by atoms with E-state index in [1.165, 1.54) is 12.1 Å². The highest BCUT2D eigenvalue weighted by Gasteiger charge is 2.44. The Hall–Kier alpha value is -7.07. The number of benzene rings is 1. The van der Waals surface area contributed by atoms with Gasteiger partial charge in [-0.05, 0) is 121 Å². The second-order valence-electron chi connectivity index (χ2n) is 29.2. The molecule has 8 heterocycles. The van der Waals surface area contributed by atoms with Gasteiger partial charge in [-0.25, -0.2) is 24.8 Å². The summed E-state index contributed by atoms with van der Waals surface area (Å²) in [5, 5.41) is 48.2. The average Bonchev–Trinajstić information content (AvgIpc) is 1.69. The molecular weight excluding hydrogens is 1450 g/mol. The molecule has 30 nitrogen and oxygen atoms in total. The van der Waals surface area contributed by atoms with Crippen molar-refractivity contribution in [1.82, 2.24) is 64.0 Å². The number of nitrogens with zero attached hydrogens (tertiary/aromatic N) is 4. The highest BCUT2D eigenvalue weighted by Crippen LogP contribution is 2.39. The van der Waals surface area contributed by atoms with E-state index >= 15 is 0 Å². The first-order valence-corrected chi connectivity index (χ1v) is 43.6. The number of amides is 8. The second kappa shape index (κ2) is 45.8. The van der Waals surface area contributed by atoms with Crippen molar-refractivity contribution in [1.29, 1.82) is 0 Å². The van der Waals surface area contributed by atoms with E-state index in [1.807, 2.05) is 47.0 Å². The monoisotopic (exact) mass is 1560 g/mol. The van der Waals surface area contributed by atoms with Gasteiger partial charge in [0.1, 0.15) is 0 Å². The van der Waals surface area contributed by atoms with E-state index in [9.17, 15) is 48.3 Å². The van der Waals surface area contributed by atoms with E-state index in [0.29, 0.717) is 154 Å². The van der Waals surface area contributed by atoms with Crippen LogP contribution in [0.1, 0.15) is 216 Å². The van der Waals surface area contributed by atoms with Gasteiger partial charge in [0.2, 0.25) is 59.2 Å². The Morgan fingerprint density at radius 3 is 0.925 bits per heavy atom. The quantitative estimate of drug-likeness (QED) is 0.0310. The number of carbonyl (C=O) groups is 9. The number of thioether (sulfide) groups is 4. The molecule has 34 heteroatoms. The van der Waals surface area contributed by atoms with Crippen molar-refractivity contribution >= 4 is 135 Å². The van der Waals surface area contributed by atoms with Gasteiger partial charge in [-0.2, -0.15) is 47.0 Å². The normalized spacial score (nSPS) is 23.9. The Morgan fingerprint density at radius 2 is 0.617 bits per heavy atom. The lowest BCUT2D eigenvalue weighted by Crippen LogP contribution is -2.52. The molecule has 0 unspecified atom stereocenters. The third-order valence-corrected chi connectivity index (χ3v) is 26.5. The van der Waals surface area contributed by atoms with Crippen LogP contribution in [0.15, 0.2) is 38.2 Å². The van der Waals surface area contributed by atoms with Gasteiger partial charge in [0.25, 0.3) is 0 Å². The first kappa shape index (κ1) is 84.0. The molecule has 1 aromatic carbocycles. The number of hydrazine groups is 1. The molecule has 594 valence electrons. The van der Waals surface area contributed by atoms with Crippen molar-refractivity contribution < 1.29 is 48.3 Å². The lowest BCUT2D eigenvalue weighted by atomic mass is 10.0. The highest BCUT2D eigenvalue weighted by atomic mass is 32.2. The zero-order valence-electron chi connectivity index (χ0n) is 62.1. The van der Waals surface area contributed by atoms with Crippen LogP contribution in [0.25, 0.3) is 0 Å². The zero-order valence-corrected chi connectivity index (χ0v) is 65.3. The molecule has 9 rings (SSSR count). The number of carbonyl (C=O) groups excluding carboxylic acids is 8. The van der Waals surface area contributed by atoms with E-state index in [4.69, 9.17) is 21.5 Å². The van der Waals surface area contributed by atoms with Crippen LogP contribution in [0.2, 0.25) is 0 Å². The number of nitrogens with two attached hydrogens (primary N) is 2. The van der Waals surface area contributed by atoms with Gasteiger partial charge in [0, 0.05) is 146 Å². The number of aliphatic imine (C=N–C) groups is 4. The number of carboxylic acids is 1. The van der Waals surface area contributed by atoms with E-state index < -0.39 is 5.97 Å². The SMILES string of the molecule is NC1=N[C@H]2[C@H](CS[C@H]2CCCCC(=O)NCCCCCC(=O)NCCNC(=O)CCCCCNC(=O)CCCC[C@@H]2SC[C@@H]3NC(NNC4=N[C@H]5[C@H](CS[C@H]5CCCCC(=O)NCCCCCC(=O)Nc5cc(NC(=O)CCCCCNC(=O)CCCC[C@@H]6SC[C@@H]7NC(N)=N[C@@H]76)cc(C(=O)O)c5)N4)=N[C@@H]32)N1. The maximum Gasteiger partial charge on any atom is 0.335 e. The van der Waals surface area contributed by atoms with Crippen LogP contribution < -0.4 is 86.1 Å². The van der Waals surface area contributed by atoms with Crippen molar-refractivity contribution in [2.75, 3.05) is 72.9 Å². The van der Waals surface area contributed by atoms with Gasteiger partial charge in [0.05, 0.1) is 53.9 Å². The van der Waals surface area contributed by atoms with Gasteiger partial charge in [-0.15, -0.1) is 0 Å². The fourth-order valence-electron chi connectivity index (χ4n) is 14.8. The summed E-state index contributed by atoms with van der Waals surface area (Å²) in [5.74, 6) is 4.78. The lowest BCUT2D eigenvalue weighted by molar-refractivity contribution is -0.123. The molecule has 4 saturated heterocycles. The number of aromatic carboxylic acids is 1. The smallest absolute Gasteiger partial charge is 0.335 e. The maximum absolute atomic E-state index is 12.9. The third kappa shape index (κ3) is 29.7. The number of nitrogens with one attached hydrogen (secondary N) is 14. The second-order valence-corrected chi connectivity index (χ2v) is 34.3. The molecule has 0 aromatic heterocycles. The summed E-state index contributed by atoms with van der Waals surface area (Å²) in [6.07, 6.45) is 23.1. The fraction of sp³-hybridized carbons (Fsp3) is 0.740. The fourth-order valence-corrected chi connectivity index (χ4v) is 20.8. The van der Waals surface area contributed by atoms with Crippen LogP contribution in [0, 0.1) is 0 Å². The summed E-state index contributed by atoms with van der Waals surface area (Å²) >= 11 is 7.73. The number of carboxylic acid groups (broad SMARTS) is 1. The molecule has 0 spiro atoms. The van der Waals surface area contributed by atoms with Gasteiger partial charge in [-0.1, -0.05) is 51.4 Å². The molecule has 8 amide bonds. The molecule has 8 aliphatic heterocycles. The number of rotatable bonds is 50. The molecule has 107 heavy (non-hydrogen) atoms. The van der Waals surface area contributed by atoms with Crippen LogP contribution in [-0.4, -0.2) is 214 Å². The van der Waals surface area contributed by atoms with Crippen molar-refractivity contribution in [3.05, 3.63) is 23.8 Å².